The van der Waals surface area contributed by atoms with Gasteiger partial charge in [-0.15, -0.1) is 0 Å². The van der Waals surface area contributed by atoms with Crippen LogP contribution in [0.2, 0.25) is 0 Å². The quantitative estimate of drug-likeness (QED) is 0.117. The number of rotatable bonds is 10. The van der Waals surface area contributed by atoms with Crippen molar-refractivity contribution in [2.75, 3.05) is 4.90 Å². The van der Waals surface area contributed by atoms with Gasteiger partial charge in [-0.1, -0.05) is 65.0 Å². The van der Waals surface area contributed by atoms with Crippen LogP contribution >= 0.6 is 0 Å². The van der Waals surface area contributed by atoms with E-state index in [2.05, 4.69) is 0 Å². The number of amides is 4. The average Bonchev–Trinajstić information content (AvgIpc) is 3.61. The molecule has 0 spiro atoms. The van der Waals surface area contributed by atoms with Crippen LogP contribution in [0.4, 0.5) is 58.4 Å². The van der Waals surface area contributed by atoms with Crippen molar-refractivity contribution >= 4 is 29.3 Å². The molecule has 0 N–H and O–H groups in total. The van der Waals surface area contributed by atoms with Crippen LogP contribution in [0.1, 0.15) is 136 Å². The van der Waals surface area contributed by atoms with Gasteiger partial charge in [0.05, 0.1) is 39.1 Å². The number of benzene rings is 4. The minimum atomic E-state index is -6.29. The van der Waals surface area contributed by atoms with Crippen LogP contribution in [0.5, 0.6) is 0 Å². The highest BCUT2D eigenvalue weighted by molar-refractivity contribution is 6.34. The van der Waals surface area contributed by atoms with Crippen molar-refractivity contribution < 1.29 is 71.9 Å². The highest BCUT2D eigenvalue weighted by Crippen LogP contribution is 2.57. The second-order valence-electron chi connectivity index (χ2n) is 16.1. The Kier molecular flexibility index (Phi) is 11.3. The van der Waals surface area contributed by atoms with E-state index in [9.17, 15) is 45.5 Å². The largest absolute Gasteiger partial charge is 0.417 e. The van der Waals surface area contributed by atoms with E-state index < -0.39 is 126 Å². The molecule has 0 saturated carbocycles. The zero-order valence-electron chi connectivity index (χ0n) is 34.3. The van der Waals surface area contributed by atoms with Gasteiger partial charge in [-0.05, 0) is 108 Å². The molecule has 4 aromatic rings. The van der Waals surface area contributed by atoms with Gasteiger partial charge >= 0.3 is 24.7 Å². The second-order valence-corrected chi connectivity index (χ2v) is 16.1. The van der Waals surface area contributed by atoms with Crippen LogP contribution in [0.15, 0.2) is 72.8 Å². The maximum absolute atomic E-state index is 15.3. The van der Waals surface area contributed by atoms with Gasteiger partial charge < -0.3 is 0 Å². The molecule has 0 radical (unpaired) electrons. The number of halogens is 12. The van der Waals surface area contributed by atoms with Crippen LogP contribution in [-0.2, 0) is 23.2 Å². The summed E-state index contributed by atoms with van der Waals surface area (Å²) in [6.45, 7) is 9.94. The molecule has 0 atom stereocenters. The Morgan fingerprint density at radius 2 is 0.810 bits per heavy atom. The van der Waals surface area contributed by atoms with Crippen molar-refractivity contribution in [3.05, 3.63) is 123 Å². The fourth-order valence-electron chi connectivity index (χ4n) is 8.41. The summed E-state index contributed by atoms with van der Waals surface area (Å²) >= 11 is 0. The van der Waals surface area contributed by atoms with Crippen LogP contribution in [-0.4, -0.2) is 46.4 Å². The van der Waals surface area contributed by atoms with Gasteiger partial charge in [-0.3, -0.25) is 24.1 Å². The molecule has 0 aromatic heterocycles. The maximum Gasteiger partial charge on any atom is 0.417 e. The lowest BCUT2D eigenvalue weighted by atomic mass is 9.71. The standard InChI is InChI=1S/C45H38F12N2O4/c1-7-39(5,8-2)23-11-15-27(33(21-23)42(46,47)48)28-18-14-26(22-34(28)43(49,50)51)58-35(60)29-16-12-24(19-31(29)36(58)61)41(44(52,53)54,45(55,56)57)25-13-17-30-32(20-25)38(63)59(37(30)62)40(6,9-3)10-4/h11-22H,7-10H2,1-6H3. The predicted octanol–water partition coefficient (Wildman–Crippen LogP) is 12.9. The fourth-order valence-corrected chi connectivity index (χ4v) is 8.41. The topological polar surface area (TPSA) is 74.8 Å². The van der Waals surface area contributed by atoms with E-state index in [1.807, 2.05) is 0 Å². The molecule has 63 heavy (non-hydrogen) atoms. The summed E-state index contributed by atoms with van der Waals surface area (Å²) in [7, 11) is 0. The lowest BCUT2D eigenvalue weighted by Gasteiger charge is -2.38. The molecule has 6 rings (SSSR count). The van der Waals surface area contributed by atoms with Gasteiger partial charge in [0, 0.05) is 5.54 Å². The molecule has 4 aromatic carbocycles. The summed E-state index contributed by atoms with van der Waals surface area (Å²) in [6, 6.07) is 6.57. The lowest BCUT2D eigenvalue weighted by molar-refractivity contribution is -0.288. The molecule has 18 heteroatoms. The molecule has 336 valence electrons. The third kappa shape index (κ3) is 7.16. The van der Waals surface area contributed by atoms with Crippen LogP contribution in [0.25, 0.3) is 11.1 Å². The summed E-state index contributed by atoms with van der Waals surface area (Å²) < 4.78 is 180. The summed E-state index contributed by atoms with van der Waals surface area (Å²) in [5, 5.41) is 0. The molecule has 0 aliphatic carbocycles. The van der Waals surface area contributed by atoms with Crippen LogP contribution in [0.3, 0.4) is 0 Å². The van der Waals surface area contributed by atoms with Crippen LogP contribution in [0, 0.1) is 0 Å². The van der Waals surface area contributed by atoms with Gasteiger partial charge in [-0.2, -0.15) is 52.7 Å². The van der Waals surface area contributed by atoms with E-state index in [4.69, 9.17) is 0 Å². The van der Waals surface area contributed by atoms with Crippen molar-refractivity contribution in [3.63, 3.8) is 0 Å². The molecule has 4 amide bonds. The molecule has 6 nitrogen and oxygen atoms in total. The first-order valence-electron chi connectivity index (χ1n) is 19.6. The minimum Gasteiger partial charge on any atom is -0.269 e. The Morgan fingerprint density at radius 3 is 1.25 bits per heavy atom. The maximum atomic E-state index is 15.3. The zero-order chi connectivity index (χ0) is 47.2. The van der Waals surface area contributed by atoms with Gasteiger partial charge in [0.2, 0.25) is 5.41 Å². The second kappa shape index (κ2) is 15.2. The Morgan fingerprint density at radius 1 is 0.429 bits per heavy atom. The van der Waals surface area contributed by atoms with Crippen molar-refractivity contribution in [2.45, 2.75) is 108 Å². The van der Waals surface area contributed by atoms with E-state index in [-0.39, 0.29) is 41.5 Å². The number of anilines is 1. The van der Waals surface area contributed by atoms with E-state index in [1.54, 1.807) is 34.6 Å². The Balaban J connectivity index is 1.49. The van der Waals surface area contributed by atoms with Gasteiger partial charge in [0.25, 0.3) is 23.6 Å². The predicted molar refractivity (Wildman–Crippen MR) is 206 cm³/mol. The number of hydrogen-bond acceptors (Lipinski definition) is 4. The van der Waals surface area contributed by atoms with E-state index in [1.165, 1.54) is 13.0 Å². The number of carbonyl (C=O) groups excluding carboxylic acids is 4. The summed E-state index contributed by atoms with van der Waals surface area (Å²) in [4.78, 5) is 55.2. The monoisotopic (exact) mass is 898 g/mol. The van der Waals surface area contributed by atoms with Gasteiger partial charge in [0.15, 0.2) is 0 Å². The lowest BCUT2D eigenvalue weighted by Crippen LogP contribution is -2.55. The first kappa shape index (κ1) is 46.8. The van der Waals surface area contributed by atoms with E-state index in [0.717, 1.165) is 17.0 Å². The first-order chi connectivity index (χ1) is 29.0. The highest BCUT2D eigenvalue weighted by atomic mass is 19.4. The molecule has 0 unspecified atom stereocenters. The number of hydrogen-bond donors (Lipinski definition) is 0. The normalized spacial score (nSPS) is 15.5. The Labute approximate surface area is 352 Å². The molecule has 2 aliphatic rings. The fraction of sp³-hybridized carbons (Fsp3) is 0.378. The minimum absolute atomic E-state index is 0.0603. The third-order valence-electron chi connectivity index (χ3n) is 13.0. The SMILES string of the molecule is CCC(C)(CC)c1ccc(-c2ccc(N3C(=O)c4ccc(C(c5ccc6c(c5)C(=O)N(C(C)(CC)CC)C6=O)(C(F)(F)F)C(F)(F)F)cc4C3=O)cc2C(F)(F)F)c(C(F)(F)F)c1. The van der Waals surface area contributed by atoms with Gasteiger partial charge in [-0.25, -0.2) is 4.90 Å². The molecule has 0 bridgehead atoms. The first-order valence-corrected chi connectivity index (χ1v) is 19.6. The third-order valence-corrected chi connectivity index (χ3v) is 13.0. The van der Waals surface area contributed by atoms with Crippen molar-refractivity contribution in [2.24, 2.45) is 0 Å². The molecule has 2 heterocycles. The summed E-state index contributed by atoms with van der Waals surface area (Å²) in [5.74, 6) is -5.18. The van der Waals surface area contributed by atoms with Crippen molar-refractivity contribution in [1.29, 1.82) is 0 Å². The highest BCUT2D eigenvalue weighted by Gasteiger charge is 2.73. The number of fused-ring (bicyclic) bond motifs is 2. The van der Waals surface area contributed by atoms with Crippen molar-refractivity contribution in [1.82, 2.24) is 4.90 Å². The number of imide groups is 2. The smallest absolute Gasteiger partial charge is 0.269 e. The molecular formula is C45H38F12N2O4. The number of alkyl halides is 12. The van der Waals surface area contributed by atoms with Crippen molar-refractivity contribution in [3.8, 4) is 11.1 Å². The van der Waals surface area contributed by atoms with E-state index >= 15 is 26.3 Å². The Bertz CT molecular complexity index is 2530. The molecule has 0 fully saturated rings. The molecule has 2 aliphatic heterocycles. The van der Waals surface area contributed by atoms with Gasteiger partial charge in [0.1, 0.15) is 0 Å². The van der Waals surface area contributed by atoms with E-state index in [0.29, 0.717) is 49.2 Å². The summed E-state index contributed by atoms with van der Waals surface area (Å²) in [6.07, 6.45) is -22.0. The zero-order valence-corrected chi connectivity index (χ0v) is 34.3. The number of carbonyl (C=O) groups is 4. The summed E-state index contributed by atoms with van der Waals surface area (Å²) in [5.41, 5.74) is -19.0. The number of nitrogens with zero attached hydrogens (tertiary/aromatic N) is 2. The molecular weight excluding hydrogens is 860 g/mol. The van der Waals surface area contributed by atoms with Crippen LogP contribution < -0.4 is 4.90 Å². The Hall–Kier alpha value is -5.68. The molecule has 0 saturated heterocycles. The average molecular weight is 899 g/mol.